The van der Waals surface area contributed by atoms with Crippen LogP contribution in [0.2, 0.25) is 5.02 Å². The lowest BCUT2D eigenvalue weighted by Gasteiger charge is -2.32. The van der Waals surface area contributed by atoms with Gasteiger partial charge < -0.3 is 10.2 Å². The Bertz CT molecular complexity index is 1120. The molecule has 1 saturated heterocycles. The van der Waals surface area contributed by atoms with Gasteiger partial charge in [-0.15, -0.1) is 0 Å². The predicted molar refractivity (Wildman–Crippen MR) is 111 cm³/mol. The quantitative estimate of drug-likeness (QED) is 0.666. The maximum Gasteiger partial charge on any atom is 0.439 e. The molecule has 1 aliphatic heterocycles. The minimum atomic E-state index is -0.646. The van der Waals surface area contributed by atoms with Gasteiger partial charge in [-0.1, -0.05) is 28.9 Å². The number of hydrogen-bond acceptors (Lipinski definition) is 5. The zero-order valence-corrected chi connectivity index (χ0v) is 16.7. The highest BCUT2D eigenvalue weighted by atomic mass is 35.5. The van der Waals surface area contributed by atoms with Crippen LogP contribution in [-0.4, -0.2) is 39.9 Å². The maximum atomic E-state index is 12.8. The fourth-order valence-corrected chi connectivity index (χ4v) is 3.62. The molecule has 1 fully saturated rings. The van der Waals surface area contributed by atoms with Crippen molar-refractivity contribution in [2.75, 3.05) is 18.4 Å². The van der Waals surface area contributed by atoms with E-state index in [0.717, 1.165) is 6.42 Å². The third-order valence-corrected chi connectivity index (χ3v) is 5.27. The monoisotopic (exact) mass is 426 g/mol. The zero-order chi connectivity index (χ0) is 21.1. The number of benzene rings is 2. The third kappa shape index (κ3) is 4.44. The average molecular weight is 427 g/mol. The smallest absolute Gasteiger partial charge is 0.338 e. The van der Waals surface area contributed by atoms with Gasteiger partial charge in [-0.05, 0) is 49.2 Å². The molecule has 9 heteroatoms. The van der Waals surface area contributed by atoms with Crippen molar-refractivity contribution in [2.45, 2.75) is 12.8 Å². The van der Waals surface area contributed by atoms with Gasteiger partial charge in [-0.3, -0.25) is 19.1 Å². The van der Waals surface area contributed by atoms with E-state index in [0.29, 0.717) is 41.3 Å². The topological polar surface area (TPSA) is 108 Å². The fraction of sp³-hybridized carbons (Fsp3) is 0.238. The highest BCUT2D eigenvalue weighted by Gasteiger charge is 2.29. The van der Waals surface area contributed by atoms with Crippen molar-refractivity contribution in [2.24, 2.45) is 5.92 Å². The van der Waals surface area contributed by atoms with Gasteiger partial charge in [0.1, 0.15) is 0 Å². The lowest BCUT2D eigenvalue weighted by molar-refractivity contribution is -0.121. The second kappa shape index (κ2) is 8.54. The molecule has 0 bridgehead atoms. The fourth-order valence-electron chi connectivity index (χ4n) is 3.49. The van der Waals surface area contributed by atoms with Crippen LogP contribution >= 0.6 is 11.6 Å². The molecule has 3 aromatic rings. The van der Waals surface area contributed by atoms with Crippen LogP contribution in [-0.2, 0) is 4.79 Å². The summed E-state index contributed by atoms with van der Waals surface area (Å²) in [5.41, 5.74) is 1.74. The molecule has 1 unspecified atom stereocenters. The Balaban J connectivity index is 1.43. The molecule has 2 amide bonds. The van der Waals surface area contributed by atoms with E-state index in [1.807, 2.05) is 0 Å². The first-order valence-corrected chi connectivity index (χ1v) is 9.89. The van der Waals surface area contributed by atoms with Gasteiger partial charge in [0.15, 0.2) is 5.82 Å². The number of likely N-dealkylation sites (tertiary alicyclic amines) is 1. The van der Waals surface area contributed by atoms with E-state index in [4.69, 9.17) is 11.6 Å². The van der Waals surface area contributed by atoms with Gasteiger partial charge in [-0.25, -0.2) is 4.79 Å². The molecule has 2 aromatic carbocycles. The van der Waals surface area contributed by atoms with E-state index in [2.05, 4.69) is 20.0 Å². The lowest BCUT2D eigenvalue weighted by atomic mass is 9.96. The zero-order valence-electron chi connectivity index (χ0n) is 15.9. The van der Waals surface area contributed by atoms with Crippen molar-refractivity contribution in [3.8, 4) is 11.4 Å². The largest absolute Gasteiger partial charge is 0.439 e. The minimum absolute atomic E-state index is 0.110. The van der Waals surface area contributed by atoms with Crippen LogP contribution in [0.4, 0.5) is 5.69 Å². The van der Waals surface area contributed by atoms with Crippen LogP contribution < -0.4 is 11.1 Å². The second-order valence-corrected chi connectivity index (χ2v) is 7.55. The summed E-state index contributed by atoms with van der Waals surface area (Å²) in [6.07, 6.45) is 1.45. The van der Waals surface area contributed by atoms with Crippen LogP contribution in [0.5, 0.6) is 0 Å². The molecule has 154 valence electrons. The van der Waals surface area contributed by atoms with Crippen LogP contribution in [0.3, 0.4) is 0 Å². The van der Waals surface area contributed by atoms with Crippen molar-refractivity contribution in [3.05, 3.63) is 69.7 Å². The molecule has 1 atom stereocenters. The van der Waals surface area contributed by atoms with Gasteiger partial charge in [-0.2, -0.15) is 0 Å². The van der Waals surface area contributed by atoms with Crippen molar-refractivity contribution in [1.29, 1.82) is 0 Å². The summed E-state index contributed by atoms with van der Waals surface area (Å²) >= 11 is 5.89. The first-order valence-electron chi connectivity index (χ1n) is 9.52. The van der Waals surface area contributed by atoms with Gasteiger partial charge in [0.25, 0.3) is 5.91 Å². The van der Waals surface area contributed by atoms with Crippen LogP contribution in [0, 0.1) is 5.92 Å². The molecular formula is C21H19ClN4O4. The highest BCUT2D eigenvalue weighted by Crippen LogP contribution is 2.23. The van der Waals surface area contributed by atoms with Crippen molar-refractivity contribution >= 4 is 29.1 Å². The first kappa shape index (κ1) is 19.9. The predicted octanol–water partition coefficient (Wildman–Crippen LogP) is 3.17. The Morgan fingerprint density at radius 2 is 2.00 bits per heavy atom. The van der Waals surface area contributed by atoms with E-state index in [-0.39, 0.29) is 23.6 Å². The SMILES string of the molecule is O=C(Nc1cccc(-c2noc(=O)[nH]2)c1)C1CCCN(C(=O)c2ccc(Cl)cc2)C1. The number of nitrogens with zero attached hydrogens (tertiary/aromatic N) is 2. The summed E-state index contributed by atoms with van der Waals surface area (Å²) in [4.78, 5) is 40.9. The number of aromatic amines is 1. The minimum Gasteiger partial charge on any atom is -0.338 e. The number of amides is 2. The summed E-state index contributed by atoms with van der Waals surface area (Å²) in [6, 6.07) is 13.7. The number of aromatic nitrogens is 2. The average Bonchev–Trinajstić information content (AvgIpc) is 3.20. The number of carbonyl (C=O) groups is 2. The highest BCUT2D eigenvalue weighted by molar-refractivity contribution is 6.30. The van der Waals surface area contributed by atoms with Gasteiger partial charge in [0, 0.05) is 34.9 Å². The van der Waals surface area contributed by atoms with Crippen LogP contribution in [0.1, 0.15) is 23.2 Å². The van der Waals surface area contributed by atoms with Crippen molar-refractivity contribution in [3.63, 3.8) is 0 Å². The Morgan fingerprint density at radius 1 is 1.20 bits per heavy atom. The number of H-pyrrole nitrogens is 1. The molecule has 8 nitrogen and oxygen atoms in total. The number of rotatable bonds is 4. The molecular weight excluding hydrogens is 408 g/mol. The molecule has 1 aliphatic rings. The lowest BCUT2D eigenvalue weighted by Crippen LogP contribution is -2.43. The number of anilines is 1. The van der Waals surface area contributed by atoms with E-state index in [1.165, 1.54) is 0 Å². The summed E-state index contributed by atoms with van der Waals surface area (Å²) in [6.45, 7) is 0.962. The number of carbonyl (C=O) groups excluding carboxylic acids is 2. The normalized spacial score (nSPS) is 16.3. The molecule has 0 aliphatic carbocycles. The summed E-state index contributed by atoms with van der Waals surface area (Å²) in [5, 5.41) is 7.11. The Morgan fingerprint density at radius 3 is 2.73 bits per heavy atom. The van der Waals surface area contributed by atoms with E-state index in [9.17, 15) is 14.4 Å². The standard InChI is InChI=1S/C21H19ClN4O4/c22-16-8-6-13(7-9-16)20(28)26-10-2-4-15(12-26)19(27)23-17-5-1-3-14(11-17)18-24-21(29)30-25-18/h1,3,5-9,11,15H,2,4,10,12H2,(H,23,27)(H,24,25,29). The van der Waals surface area contributed by atoms with Gasteiger partial charge in [0.2, 0.25) is 5.91 Å². The maximum absolute atomic E-state index is 12.8. The molecule has 0 spiro atoms. The van der Waals surface area contributed by atoms with Gasteiger partial charge >= 0.3 is 5.76 Å². The Labute approximate surface area is 176 Å². The molecule has 2 heterocycles. The second-order valence-electron chi connectivity index (χ2n) is 7.11. The van der Waals surface area contributed by atoms with Crippen LogP contribution in [0.25, 0.3) is 11.4 Å². The summed E-state index contributed by atoms with van der Waals surface area (Å²) in [7, 11) is 0. The van der Waals surface area contributed by atoms with Gasteiger partial charge in [0.05, 0.1) is 5.92 Å². The molecule has 0 radical (unpaired) electrons. The number of hydrogen-bond donors (Lipinski definition) is 2. The van der Waals surface area contributed by atoms with E-state index in [1.54, 1.807) is 53.4 Å². The molecule has 2 N–H and O–H groups in total. The third-order valence-electron chi connectivity index (χ3n) is 5.01. The molecule has 4 rings (SSSR count). The number of halogens is 1. The molecule has 30 heavy (non-hydrogen) atoms. The Kier molecular flexibility index (Phi) is 5.67. The molecule has 1 aromatic heterocycles. The van der Waals surface area contributed by atoms with E-state index >= 15 is 0 Å². The molecule has 0 saturated carbocycles. The van der Waals surface area contributed by atoms with E-state index < -0.39 is 5.76 Å². The Hall–Kier alpha value is -3.39. The first-order chi connectivity index (χ1) is 14.5. The summed E-state index contributed by atoms with van der Waals surface area (Å²) < 4.78 is 4.52. The summed E-state index contributed by atoms with van der Waals surface area (Å²) in [5.74, 6) is -0.943. The number of nitrogens with one attached hydrogen (secondary N) is 2. The van der Waals surface area contributed by atoms with Crippen LogP contribution in [0.15, 0.2) is 57.8 Å². The van der Waals surface area contributed by atoms with Crippen molar-refractivity contribution < 1.29 is 14.1 Å². The number of piperidine rings is 1. The van der Waals surface area contributed by atoms with Crippen molar-refractivity contribution in [1.82, 2.24) is 15.0 Å².